The van der Waals surface area contributed by atoms with Gasteiger partial charge < -0.3 is 5.32 Å². The third kappa shape index (κ3) is 2.57. The van der Waals surface area contributed by atoms with Crippen LogP contribution in [-0.4, -0.2) is 37.9 Å². The van der Waals surface area contributed by atoms with Gasteiger partial charge in [-0.15, -0.1) is 0 Å². The van der Waals surface area contributed by atoms with Crippen LogP contribution in [0.3, 0.4) is 0 Å². The van der Waals surface area contributed by atoms with E-state index < -0.39 is 10.0 Å². The number of benzene rings is 1. The highest BCUT2D eigenvalue weighted by Gasteiger charge is 2.43. The number of nitrogens with zero attached hydrogens (tertiary/aromatic N) is 1. The third-order valence-electron chi connectivity index (χ3n) is 4.00. The zero-order valence-corrected chi connectivity index (χ0v) is 13.2. The fraction of sp³-hybridized carbons (Fsp3) is 0.538. The maximum atomic E-state index is 12.9. The van der Waals surface area contributed by atoms with E-state index in [4.69, 9.17) is 23.2 Å². The van der Waals surface area contributed by atoms with Crippen molar-refractivity contribution < 1.29 is 8.42 Å². The lowest BCUT2D eigenvalue weighted by atomic mass is 10.1. The van der Waals surface area contributed by atoms with Gasteiger partial charge in [0.15, 0.2) is 0 Å². The normalized spacial score (nSPS) is 27.5. The van der Waals surface area contributed by atoms with Crippen molar-refractivity contribution in [1.29, 1.82) is 0 Å². The van der Waals surface area contributed by atoms with Gasteiger partial charge in [-0.1, -0.05) is 23.2 Å². The van der Waals surface area contributed by atoms with Crippen molar-refractivity contribution in [2.45, 2.75) is 36.2 Å². The summed E-state index contributed by atoms with van der Waals surface area (Å²) >= 11 is 11.9. The number of hydrogen-bond donors (Lipinski definition) is 1. The smallest absolute Gasteiger partial charge is 0.243 e. The summed E-state index contributed by atoms with van der Waals surface area (Å²) in [7, 11) is -3.54. The quantitative estimate of drug-likeness (QED) is 0.903. The Morgan fingerprint density at radius 1 is 1.05 bits per heavy atom. The second kappa shape index (κ2) is 5.46. The van der Waals surface area contributed by atoms with E-state index in [0.717, 1.165) is 25.8 Å². The Labute approximate surface area is 129 Å². The molecule has 110 valence electrons. The zero-order valence-electron chi connectivity index (χ0n) is 10.9. The van der Waals surface area contributed by atoms with Crippen molar-refractivity contribution in [2.75, 3.05) is 13.1 Å². The van der Waals surface area contributed by atoms with E-state index >= 15 is 0 Å². The van der Waals surface area contributed by atoms with Crippen LogP contribution in [0, 0.1) is 0 Å². The highest BCUT2D eigenvalue weighted by Crippen LogP contribution is 2.35. The van der Waals surface area contributed by atoms with E-state index in [-0.39, 0.29) is 17.0 Å². The average molecular weight is 335 g/mol. The van der Waals surface area contributed by atoms with Gasteiger partial charge in [-0.3, -0.25) is 0 Å². The van der Waals surface area contributed by atoms with Crippen LogP contribution in [0.1, 0.15) is 19.3 Å². The molecule has 3 rings (SSSR count). The fourth-order valence-corrected chi connectivity index (χ4v) is 5.76. The van der Waals surface area contributed by atoms with Crippen molar-refractivity contribution in [1.82, 2.24) is 9.62 Å². The van der Waals surface area contributed by atoms with Crippen molar-refractivity contribution in [3.63, 3.8) is 0 Å². The molecule has 0 aromatic heterocycles. The molecule has 0 aliphatic carbocycles. The molecule has 1 N–H and O–H groups in total. The molecule has 4 nitrogen and oxygen atoms in total. The predicted octanol–water partition coefficient (Wildman–Crippen LogP) is 2.51. The lowest BCUT2D eigenvalue weighted by Crippen LogP contribution is -2.42. The van der Waals surface area contributed by atoms with E-state index in [9.17, 15) is 8.42 Å². The molecule has 0 amide bonds. The number of halogens is 2. The largest absolute Gasteiger partial charge is 0.315 e. The SMILES string of the molecule is O=S(=O)(c1cc(Cl)cc(Cl)c1)N1C2CCNCC1CC2. The molecule has 2 heterocycles. The summed E-state index contributed by atoms with van der Waals surface area (Å²) in [5.74, 6) is 0. The molecular weight excluding hydrogens is 319 g/mol. The van der Waals surface area contributed by atoms with Crippen LogP contribution in [0.25, 0.3) is 0 Å². The first-order valence-electron chi connectivity index (χ1n) is 6.69. The molecule has 2 bridgehead atoms. The van der Waals surface area contributed by atoms with Crippen molar-refractivity contribution in [2.24, 2.45) is 0 Å². The summed E-state index contributed by atoms with van der Waals surface area (Å²) in [6.45, 7) is 1.58. The van der Waals surface area contributed by atoms with Gasteiger partial charge in [-0.05, 0) is 44.0 Å². The molecule has 2 atom stereocenters. The van der Waals surface area contributed by atoms with E-state index in [1.165, 1.54) is 12.1 Å². The number of hydrogen-bond acceptors (Lipinski definition) is 3. The molecule has 1 aromatic carbocycles. The molecule has 0 spiro atoms. The van der Waals surface area contributed by atoms with Gasteiger partial charge in [-0.2, -0.15) is 4.31 Å². The van der Waals surface area contributed by atoms with Gasteiger partial charge in [0.05, 0.1) is 4.90 Å². The topological polar surface area (TPSA) is 49.4 Å². The summed E-state index contributed by atoms with van der Waals surface area (Å²) in [5, 5.41) is 3.98. The second-order valence-corrected chi connectivity index (χ2v) is 8.03. The predicted molar refractivity (Wildman–Crippen MR) is 79.8 cm³/mol. The monoisotopic (exact) mass is 334 g/mol. The van der Waals surface area contributed by atoms with Crippen LogP contribution in [-0.2, 0) is 10.0 Å². The Balaban J connectivity index is 2.03. The maximum absolute atomic E-state index is 12.9. The summed E-state index contributed by atoms with van der Waals surface area (Å²) in [6.07, 6.45) is 2.69. The van der Waals surface area contributed by atoms with Gasteiger partial charge in [-0.25, -0.2) is 8.42 Å². The molecular formula is C13H16Cl2N2O2S. The van der Waals surface area contributed by atoms with E-state index in [0.29, 0.717) is 16.6 Å². The molecule has 1 aromatic rings. The Hall–Kier alpha value is -0.330. The van der Waals surface area contributed by atoms with Gasteiger partial charge in [0.1, 0.15) is 0 Å². The van der Waals surface area contributed by atoms with Crippen LogP contribution in [0.5, 0.6) is 0 Å². The van der Waals surface area contributed by atoms with E-state index in [2.05, 4.69) is 5.32 Å². The lowest BCUT2D eigenvalue weighted by molar-refractivity contribution is 0.334. The fourth-order valence-electron chi connectivity index (χ4n) is 3.13. The third-order valence-corrected chi connectivity index (χ3v) is 6.42. The van der Waals surface area contributed by atoms with E-state index in [1.54, 1.807) is 10.4 Å². The van der Waals surface area contributed by atoms with Crippen LogP contribution in [0.15, 0.2) is 23.1 Å². The minimum Gasteiger partial charge on any atom is -0.315 e. The molecule has 2 unspecified atom stereocenters. The van der Waals surface area contributed by atoms with Gasteiger partial charge in [0, 0.05) is 28.7 Å². The van der Waals surface area contributed by atoms with Crippen molar-refractivity contribution in [3.8, 4) is 0 Å². The molecule has 2 saturated heterocycles. The minimum absolute atomic E-state index is 0.0326. The summed E-state index contributed by atoms with van der Waals surface area (Å²) in [5.41, 5.74) is 0. The highest BCUT2D eigenvalue weighted by molar-refractivity contribution is 7.89. The molecule has 0 radical (unpaired) electrons. The van der Waals surface area contributed by atoms with Gasteiger partial charge in [0.25, 0.3) is 0 Å². The summed E-state index contributed by atoms with van der Waals surface area (Å²) in [4.78, 5) is 0.189. The highest BCUT2D eigenvalue weighted by atomic mass is 35.5. The first-order valence-corrected chi connectivity index (χ1v) is 8.88. The zero-order chi connectivity index (χ0) is 14.3. The molecule has 7 heteroatoms. The Morgan fingerprint density at radius 3 is 2.40 bits per heavy atom. The number of fused-ring (bicyclic) bond motifs is 2. The molecule has 2 fully saturated rings. The van der Waals surface area contributed by atoms with E-state index in [1.807, 2.05) is 0 Å². The van der Waals surface area contributed by atoms with Crippen LogP contribution < -0.4 is 5.32 Å². The second-order valence-electron chi connectivity index (χ2n) is 5.32. The number of sulfonamides is 1. The van der Waals surface area contributed by atoms with Gasteiger partial charge >= 0.3 is 0 Å². The summed E-state index contributed by atoms with van der Waals surface area (Å²) in [6, 6.07) is 4.60. The first kappa shape index (κ1) is 14.6. The first-order chi connectivity index (χ1) is 9.48. The minimum atomic E-state index is -3.54. The Bertz CT molecular complexity index is 587. The van der Waals surface area contributed by atoms with Crippen LogP contribution >= 0.6 is 23.2 Å². The van der Waals surface area contributed by atoms with Crippen LogP contribution in [0.4, 0.5) is 0 Å². The average Bonchev–Trinajstić information content (AvgIpc) is 2.62. The van der Waals surface area contributed by atoms with Crippen molar-refractivity contribution in [3.05, 3.63) is 28.2 Å². The summed E-state index contributed by atoms with van der Waals surface area (Å²) < 4.78 is 27.4. The molecule has 0 saturated carbocycles. The molecule has 20 heavy (non-hydrogen) atoms. The number of rotatable bonds is 2. The Morgan fingerprint density at radius 2 is 1.70 bits per heavy atom. The Kier molecular flexibility index (Phi) is 3.99. The van der Waals surface area contributed by atoms with Gasteiger partial charge in [0.2, 0.25) is 10.0 Å². The maximum Gasteiger partial charge on any atom is 0.243 e. The standard InChI is InChI=1S/C13H16Cl2N2O2S/c14-9-5-10(15)7-13(6-9)20(18,19)17-11-1-2-12(17)8-16-4-3-11/h5-7,11-12,16H,1-4,8H2. The van der Waals surface area contributed by atoms with Crippen molar-refractivity contribution >= 4 is 33.2 Å². The molecule has 2 aliphatic rings. The molecule has 2 aliphatic heterocycles. The van der Waals surface area contributed by atoms with Crippen LogP contribution in [0.2, 0.25) is 10.0 Å². The number of nitrogens with one attached hydrogen (secondary N) is 1. The lowest BCUT2D eigenvalue weighted by Gasteiger charge is -2.27.